The highest BCUT2D eigenvalue weighted by Crippen LogP contribution is 2.37. The summed E-state index contributed by atoms with van der Waals surface area (Å²) in [7, 11) is -3.78. The molecule has 0 radical (unpaired) electrons. The molecule has 3 aromatic rings. The summed E-state index contributed by atoms with van der Waals surface area (Å²) in [6.07, 6.45) is 2.23. The van der Waals surface area contributed by atoms with E-state index in [0.717, 1.165) is 18.4 Å². The minimum Gasteiger partial charge on any atom is -0.462 e. The first-order chi connectivity index (χ1) is 17.2. The first-order valence-electron chi connectivity index (χ1n) is 11.7. The van der Waals surface area contributed by atoms with Crippen LogP contribution in [0.1, 0.15) is 53.0 Å². The van der Waals surface area contributed by atoms with Crippen molar-refractivity contribution in [2.24, 2.45) is 0 Å². The van der Waals surface area contributed by atoms with E-state index in [1.807, 2.05) is 13.8 Å². The summed E-state index contributed by atoms with van der Waals surface area (Å²) in [5, 5.41) is 3.28. The Morgan fingerprint density at radius 2 is 1.69 bits per heavy atom. The lowest BCUT2D eigenvalue weighted by atomic mass is 10.1. The number of carbonyl (C=O) groups is 2. The summed E-state index contributed by atoms with van der Waals surface area (Å²) in [6.45, 7) is 4.23. The predicted molar refractivity (Wildman–Crippen MR) is 140 cm³/mol. The molecular weight excluding hydrogens is 500 g/mol. The van der Waals surface area contributed by atoms with Crippen LogP contribution in [-0.4, -0.2) is 32.9 Å². The third-order valence-corrected chi connectivity index (χ3v) is 8.17. The molecule has 0 unspecified atom stereocenters. The van der Waals surface area contributed by atoms with Crippen molar-refractivity contribution in [3.05, 3.63) is 88.4 Å². The predicted octanol–water partition coefficient (Wildman–Crippen LogP) is 5.69. The lowest BCUT2D eigenvalue weighted by molar-refractivity contribution is 0.0499. The van der Waals surface area contributed by atoms with Gasteiger partial charge < -0.3 is 10.1 Å². The number of rotatable bonds is 8. The number of unbranched alkanes of at least 4 members (excludes halogenated alkanes) is 1. The molecule has 0 bridgehead atoms. The highest BCUT2D eigenvalue weighted by atomic mass is 35.5. The number of ether oxygens (including phenoxy) is 1. The number of hydrogen-bond donors (Lipinski definition) is 1. The summed E-state index contributed by atoms with van der Waals surface area (Å²) in [5.41, 5.74) is 2.69. The Kier molecular flexibility index (Phi) is 7.66. The minimum absolute atomic E-state index is 0.158. The van der Waals surface area contributed by atoms with E-state index in [2.05, 4.69) is 5.32 Å². The molecule has 0 aliphatic carbocycles. The van der Waals surface area contributed by atoms with Gasteiger partial charge in [0.15, 0.2) is 0 Å². The van der Waals surface area contributed by atoms with Gasteiger partial charge >= 0.3 is 5.97 Å². The zero-order valence-electron chi connectivity index (χ0n) is 20.0. The third-order valence-electron chi connectivity index (χ3n) is 5.97. The van der Waals surface area contributed by atoms with Crippen molar-refractivity contribution >= 4 is 44.9 Å². The van der Waals surface area contributed by atoms with Gasteiger partial charge in [0.2, 0.25) is 0 Å². The quantitative estimate of drug-likeness (QED) is 0.301. The van der Waals surface area contributed by atoms with Crippen molar-refractivity contribution in [2.45, 2.75) is 44.0 Å². The van der Waals surface area contributed by atoms with Crippen LogP contribution in [0.2, 0.25) is 5.02 Å². The molecule has 4 rings (SSSR count). The second-order valence-corrected chi connectivity index (χ2v) is 10.9. The maximum absolute atomic E-state index is 13.3. The minimum atomic E-state index is -3.78. The van der Waals surface area contributed by atoms with Crippen LogP contribution in [0.15, 0.2) is 71.6 Å². The number of nitrogens with one attached hydrogen (secondary N) is 1. The average Bonchev–Trinajstić information content (AvgIpc) is 3.20. The normalized spacial score (nSPS) is 14.9. The van der Waals surface area contributed by atoms with Gasteiger partial charge in [-0.05, 0) is 92.1 Å². The van der Waals surface area contributed by atoms with Crippen molar-refractivity contribution in [3.8, 4) is 0 Å². The van der Waals surface area contributed by atoms with Crippen molar-refractivity contribution in [1.29, 1.82) is 0 Å². The fourth-order valence-corrected chi connectivity index (χ4v) is 5.93. The van der Waals surface area contributed by atoms with Crippen LogP contribution < -0.4 is 9.62 Å². The highest BCUT2D eigenvalue weighted by Gasteiger charge is 2.36. The van der Waals surface area contributed by atoms with Gasteiger partial charge in [0.05, 0.1) is 22.8 Å². The van der Waals surface area contributed by atoms with Crippen LogP contribution in [0.3, 0.4) is 0 Å². The average molecular weight is 527 g/mol. The van der Waals surface area contributed by atoms with Crippen LogP contribution in [0, 0.1) is 0 Å². The number of esters is 1. The summed E-state index contributed by atoms with van der Waals surface area (Å²) >= 11 is 5.91. The zero-order chi connectivity index (χ0) is 25.9. The first kappa shape index (κ1) is 25.7. The topological polar surface area (TPSA) is 92.8 Å². The number of amides is 1. The Labute approximate surface area is 216 Å². The number of benzene rings is 3. The third kappa shape index (κ3) is 5.39. The van der Waals surface area contributed by atoms with Gasteiger partial charge in [0.1, 0.15) is 0 Å². The number of anilines is 2. The van der Waals surface area contributed by atoms with Crippen molar-refractivity contribution in [3.63, 3.8) is 0 Å². The molecule has 0 spiro atoms. The smallest absolute Gasteiger partial charge is 0.338 e. The van der Waals surface area contributed by atoms with Crippen molar-refractivity contribution in [2.75, 3.05) is 16.2 Å². The van der Waals surface area contributed by atoms with E-state index >= 15 is 0 Å². The van der Waals surface area contributed by atoms with Gasteiger partial charge in [-0.15, -0.1) is 0 Å². The van der Waals surface area contributed by atoms with Gasteiger partial charge in [-0.1, -0.05) is 24.9 Å². The molecule has 1 N–H and O–H groups in total. The molecule has 1 atom stereocenters. The molecule has 0 fully saturated rings. The molecule has 1 aliphatic heterocycles. The summed E-state index contributed by atoms with van der Waals surface area (Å²) in [6, 6.07) is 17.3. The summed E-state index contributed by atoms with van der Waals surface area (Å²) in [4.78, 5) is 25.1. The molecule has 9 heteroatoms. The van der Waals surface area contributed by atoms with Crippen LogP contribution in [0.5, 0.6) is 0 Å². The second kappa shape index (κ2) is 10.7. The molecule has 36 heavy (non-hydrogen) atoms. The maximum atomic E-state index is 13.3. The van der Waals surface area contributed by atoms with E-state index in [1.165, 1.54) is 16.4 Å². The van der Waals surface area contributed by atoms with Crippen LogP contribution in [-0.2, 0) is 21.2 Å². The van der Waals surface area contributed by atoms with Gasteiger partial charge in [0.25, 0.3) is 15.9 Å². The Balaban J connectivity index is 1.48. The molecular formula is C27H27ClN2O5S. The van der Waals surface area contributed by atoms with E-state index < -0.39 is 16.0 Å². The SMILES string of the molecule is CCCCOC(=O)c1ccc(NC(=O)c2ccc3c(c2)C[C@@H](C)N3S(=O)(=O)c2ccc(Cl)cc2)cc1. The van der Waals surface area contributed by atoms with Gasteiger partial charge in [-0.2, -0.15) is 0 Å². The van der Waals surface area contributed by atoms with Crippen molar-refractivity contribution < 1.29 is 22.7 Å². The molecule has 0 saturated carbocycles. The Morgan fingerprint density at radius 3 is 2.36 bits per heavy atom. The molecule has 1 amide bonds. The van der Waals surface area contributed by atoms with E-state index in [1.54, 1.807) is 54.6 Å². The summed E-state index contributed by atoms with van der Waals surface area (Å²) in [5.74, 6) is -0.727. The Bertz CT molecular complexity index is 1370. The number of fused-ring (bicyclic) bond motifs is 1. The molecule has 1 aliphatic rings. The second-order valence-electron chi connectivity index (χ2n) is 8.67. The monoisotopic (exact) mass is 526 g/mol. The lowest BCUT2D eigenvalue weighted by Gasteiger charge is -2.24. The Morgan fingerprint density at radius 1 is 1.03 bits per heavy atom. The van der Waals surface area contributed by atoms with Gasteiger partial charge in [0, 0.05) is 22.3 Å². The molecule has 3 aromatic carbocycles. The lowest BCUT2D eigenvalue weighted by Crippen LogP contribution is -2.35. The standard InChI is InChI=1S/C27H27ClN2O5S/c1-3-4-15-35-27(32)19-5-10-23(11-6-19)29-26(31)20-7-14-25-21(17-20)16-18(2)30(25)36(33,34)24-12-8-22(28)9-13-24/h5-14,17-18H,3-4,15-16H2,1-2H3,(H,29,31)/t18-/m1/s1. The molecule has 0 aromatic heterocycles. The molecule has 1 heterocycles. The summed E-state index contributed by atoms with van der Waals surface area (Å²) < 4.78 is 33.2. The zero-order valence-corrected chi connectivity index (χ0v) is 21.6. The highest BCUT2D eigenvalue weighted by molar-refractivity contribution is 7.92. The first-order valence-corrected chi connectivity index (χ1v) is 13.5. The largest absolute Gasteiger partial charge is 0.462 e. The van der Waals surface area contributed by atoms with Gasteiger partial charge in [-0.25, -0.2) is 13.2 Å². The van der Waals surface area contributed by atoms with Crippen LogP contribution >= 0.6 is 11.6 Å². The Hall–Kier alpha value is -3.36. The number of sulfonamides is 1. The molecule has 188 valence electrons. The number of nitrogens with zero attached hydrogens (tertiary/aromatic N) is 1. The van der Waals surface area contributed by atoms with Crippen LogP contribution in [0.25, 0.3) is 0 Å². The van der Waals surface area contributed by atoms with E-state index in [4.69, 9.17) is 16.3 Å². The van der Waals surface area contributed by atoms with Gasteiger partial charge in [-0.3, -0.25) is 9.10 Å². The number of halogens is 1. The fraction of sp³-hybridized carbons (Fsp3) is 0.259. The van der Waals surface area contributed by atoms with E-state index in [-0.39, 0.29) is 16.8 Å². The number of hydrogen-bond acceptors (Lipinski definition) is 5. The van der Waals surface area contributed by atoms with E-state index in [0.29, 0.717) is 40.6 Å². The molecule has 7 nitrogen and oxygen atoms in total. The molecule has 0 saturated heterocycles. The number of carbonyl (C=O) groups excluding carboxylic acids is 2. The fourth-order valence-electron chi connectivity index (χ4n) is 4.12. The van der Waals surface area contributed by atoms with E-state index in [9.17, 15) is 18.0 Å². The maximum Gasteiger partial charge on any atom is 0.338 e. The van der Waals surface area contributed by atoms with Crippen molar-refractivity contribution in [1.82, 2.24) is 0 Å². The van der Waals surface area contributed by atoms with Crippen LogP contribution in [0.4, 0.5) is 11.4 Å².